The molecule has 0 aromatic rings. The molecule has 2 fully saturated rings. The quantitative estimate of drug-likeness (QED) is 0.465. The third kappa shape index (κ3) is 0.501. The second-order valence-electron chi connectivity index (χ2n) is 2.86. The first-order valence-corrected chi connectivity index (χ1v) is 3.02. The van der Waals surface area contributed by atoms with E-state index in [4.69, 9.17) is 9.47 Å². The Morgan fingerprint density at radius 3 is 2.25 bits per heavy atom. The van der Waals surface area contributed by atoms with Gasteiger partial charge >= 0.3 is 0 Å². The van der Waals surface area contributed by atoms with Crippen molar-refractivity contribution in [2.75, 3.05) is 6.61 Å². The summed E-state index contributed by atoms with van der Waals surface area (Å²) in [5.74, 6) is 0. The van der Waals surface area contributed by atoms with Crippen LogP contribution in [0.4, 0.5) is 0 Å². The third-order valence-corrected chi connectivity index (χ3v) is 1.91. The highest BCUT2D eigenvalue weighted by atomic mass is 16.7. The van der Waals surface area contributed by atoms with Crippen molar-refractivity contribution >= 4 is 0 Å². The summed E-state index contributed by atoms with van der Waals surface area (Å²) in [5.41, 5.74) is 0.111. The monoisotopic (exact) mass is 114 g/mol. The Hall–Kier alpha value is -0.0800. The van der Waals surface area contributed by atoms with Crippen LogP contribution in [0.2, 0.25) is 0 Å². The zero-order valence-corrected chi connectivity index (χ0v) is 5.18. The van der Waals surface area contributed by atoms with Crippen molar-refractivity contribution in [1.29, 1.82) is 0 Å². The second-order valence-corrected chi connectivity index (χ2v) is 2.86. The summed E-state index contributed by atoms with van der Waals surface area (Å²) in [6, 6.07) is 0. The zero-order chi connectivity index (χ0) is 5.78. The molecule has 2 aliphatic rings. The Morgan fingerprint density at radius 2 is 2.12 bits per heavy atom. The van der Waals surface area contributed by atoms with Crippen molar-refractivity contribution in [2.24, 2.45) is 0 Å². The molecule has 0 N–H and O–H groups in total. The normalized spacial score (nSPS) is 60.8. The first kappa shape index (κ1) is 4.77. The summed E-state index contributed by atoms with van der Waals surface area (Å²) >= 11 is 0. The summed E-state index contributed by atoms with van der Waals surface area (Å²) in [6.45, 7) is 5.07. The van der Waals surface area contributed by atoms with Crippen LogP contribution in [-0.2, 0) is 9.47 Å². The van der Waals surface area contributed by atoms with Crippen LogP contribution in [0, 0.1) is 0 Å². The molecule has 2 aliphatic heterocycles. The largest absolute Gasteiger partial charge is 0.367 e. The minimum atomic E-state index is 0.111. The van der Waals surface area contributed by atoms with Crippen LogP contribution in [0.5, 0.6) is 0 Å². The molecule has 3 atom stereocenters. The minimum Gasteiger partial charge on any atom is -0.367 e. The van der Waals surface area contributed by atoms with Gasteiger partial charge in [-0.2, -0.15) is 0 Å². The van der Waals surface area contributed by atoms with E-state index in [9.17, 15) is 0 Å². The molecule has 0 bridgehead atoms. The van der Waals surface area contributed by atoms with E-state index in [-0.39, 0.29) is 5.60 Å². The van der Waals surface area contributed by atoms with E-state index >= 15 is 0 Å². The fourth-order valence-corrected chi connectivity index (χ4v) is 1.10. The highest BCUT2D eigenvalue weighted by Gasteiger charge is 2.58. The molecule has 0 radical (unpaired) electrons. The van der Waals surface area contributed by atoms with Crippen LogP contribution >= 0.6 is 0 Å². The smallest absolute Gasteiger partial charge is 0.117 e. The van der Waals surface area contributed by atoms with Crippen molar-refractivity contribution in [2.45, 2.75) is 31.7 Å². The topological polar surface area (TPSA) is 25.1 Å². The van der Waals surface area contributed by atoms with E-state index in [1.807, 2.05) is 0 Å². The maximum absolute atomic E-state index is 5.22. The lowest BCUT2D eigenvalue weighted by molar-refractivity contribution is 0.251. The van der Waals surface area contributed by atoms with Gasteiger partial charge in [-0.15, -0.1) is 0 Å². The van der Waals surface area contributed by atoms with Gasteiger partial charge in [0.05, 0.1) is 12.7 Å². The molecule has 46 valence electrons. The fourth-order valence-electron chi connectivity index (χ4n) is 1.10. The van der Waals surface area contributed by atoms with Gasteiger partial charge in [0.1, 0.15) is 11.7 Å². The van der Waals surface area contributed by atoms with Crippen molar-refractivity contribution < 1.29 is 9.47 Å². The molecule has 0 amide bonds. The molecule has 0 saturated carbocycles. The van der Waals surface area contributed by atoms with Crippen molar-refractivity contribution in [3.63, 3.8) is 0 Å². The SMILES string of the molecule is CC1OC1C1(C)CO1. The molecular formula is C6H10O2. The minimum absolute atomic E-state index is 0.111. The van der Waals surface area contributed by atoms with Gasteiger partial charge in [0.2, 0.25) is 0 Å². The van der Waals surface area contributed by atoms with Gasteiger partial charge in [0.15, 0.2) is 0 Å². The van der Waals surface area contributed by atoms with E-state index in [2.05, 4.69) is 13.8 Å². The molecule has 2 nitrogen and oxygen atoms in total. The molecule has 2 rings (SSSR count). The van der Waals surface area contributed by atoms with Crippen molar-refractivity contribution in [3.05, 3.63) is 0 Å². The Kier molecular flexibility index (Phi) is 0.649. The van der Waals surface area contributed by atoms with Crippen LogP contribution in [0.3, 0.4) is 0 Å². The molecule has 2 saturated heterocycles. The average molecular weight is 114 g/mol. The second kappa shape index (κ2) is 1.09. The number of hydrogen-bond acceptors (Lipinski definition) is 2. The van der Waals surface area contributed by atoms with E-state index in [1.54, 1.807) is 0 Å². The predicted octanol–water partition coefficient (Wildman–Crippen LogP) is 0.563. The van der Waals surface area contributed by atoms with Crippen LogP contribution in [0.15, 0.2) is 0 Å². The first-order chi connectivity index (χ1) is 3.72. The highest BCUT2D eigenvalue weighted by Crippen LogP contribution is 2.42. The Balaban J connectivity index is 1.99. The number of rotatable bonds is 1. The van der Waals surface area contributed by atoms with Crippen molar-refractivity contribution in [1.82, 2.24) is 0 Å². The molecule has 0 aromatic carbocycles. The van der Waals surface area contributed by atoms with E-state index in [0.29, 0.717) is 12.2 Å². The lowest BCUT2D eigenvalue weighted by Crippen LogP contribution is -2.14. The molecular weight excluding hydrogens is 104 g/mol. The third-order valence-electron chi connectivity index (χ3n) is 1.91. The highest BCUT2D eigenvalue weighted by molar-refractivity contribution is 5.05. The van der Waals surface area contributed by atoms with Crippen LogP contribution in [0.1, 0.15) is 13.8 Å². The Morgan fingerprint density at radius 1 is 1.62 bits per heavy atom. The first-order valence-electron chi connectivity index (χ1n) is 3.02. The maximum atomic E-state index is 5.22. The zero-order valence-electron chi connectivity index (χ0n) is 5.18. The lowest BCUT2D eigenvalue weighted by Gasteiger charge is -1.93. The number of ether oxygens (including phenoxy) is 2. The predicted molar refractivity (Wildman–Crippen MR) is 28.7 cm³/mol. The molecule has 0 spiro atoms. The van der Waals surface area contributed by atoms with E-state index < -0.39 is 0 Å². The summed E-state index contributed by atoms with van der Waals surface area (Å²) in [7, 11) is 0. The molecule has 0 aromatic heterocycles. The summed E-state index contributed by atoms with van der Waals surface area (Å²) in [6.07, 6.45) is 0.852. The van der Waals surface area contributed by atoms with Crippen molar-refractivity contribution in [3.8, 4) is 0 Å². The summed E-state index contributed by atoms with van der Waals surface area (Å²) in [5, 5.41) is 0. The van der Waals surface area contributed by atoms with Gasteiger partial charge < -0.3 is 9.47 Å². The molecule has 8 heavy (non-hydrogen) atoms. The van der Waals surface area contributed by atoms with Crippen LogP contribution in [-0.4, -0.2) is 24.4 Å². The van der Waals surface area contributed by atoms with E-state index in [0.717, 1.165) is 6.61 Å². The van der Waals surface area contributed by atoms with Crippen LogP contribution < -0.4 is 0 Å². The van der Waals surface area contributed by atoms with Gasteiger partial charge in [0, 0.05) is 0 Å². The van der Waals surface area contributed by atoms with E-state index in [1.165, 1.54) is 0 Å². The van der Waals surface area contributed by atoms with Gasteiger partial charge in [-0.25, -0.2) is 0 Å². The number of epoxide rings is 2. The summed E-state index contributed by atoms with van der Waals surface area (Å²) < 4.78 is 10.4. The number of hydrogen-bond donors (Lipinski definition) is 0. The Labute approximate surface area is 48.8 Å². The van der Waals surface area contributed by atoms with Gasteiger partial charge in [-0.3, -0.25) is 0 Å². The molecule has 0 aliphatic carbocycles. The van der Waals surface area contributed by atoms with Gasteiger partial charge in [-0.1, -0.05) is 0 Å². The molecule has 2 heterocycles. The van der Waals surface area contributed by atoms with Gasteiger partial charge in [0.25, 0.3) is 0 Å². The standard InChI is InChI=1S/C6H10O2/c1-4-5(8-4)6(2)3-7-6/h4-5H,3H2,1-2H3. The van der Waals surface area contributed by atoms with Gasteiger partial charge in [-0.05, 0) is 13.8 Å². The fraction of sp³-hybridized carbons (Fsp3) is 1.00. The Bertz CT molecular complexity index is 118. The molecule has 3 unspecified atom stereocenters. The molecule has 2 heteroatoms. The van der Waals surface area contributed by atoms with Crippen LogP contribution in [0.25, 0.3) is 0 Å². The average Bonchev–Trinajstić information content (AvgIpc) is 2.47. The maximum Gasteiger partial charge on any atom is 0.117 e. The lowest BCUT2D eigenvalue weighted by atomic mass is 10.1. The summed E-state index contributed by atoms with van der Waals surface area (Å²) in [4.78, 5) is 0.